The summed E-state index contributed by atoms with van der Waals surface area (Å²) in [5, 5.41) is 4.77. The Morgan fingerprint density at radius 1 is 1.03 bits per heavy atom. The summed E-state index contributed by atoms with van der Waals surface area (Å²) in [6.45, 7) is 2.45. The van der Waals surface area contributed by atoms with E-state index in [1.807, 2.05) is 47.2 Å². The second kappa shape index (κ2) is 7.72. The van der Waals surface area contributed by atoms with Crippen molar-refractivity contribution in [2.24, 2.45) is 0 Å². The van der Waals surface area contributed by atoms with Gasteiger partial charge in [0.25, 0.3) is 0 Å². The summed E-state index contributed by atoms with van der Waals surface area (Å²) in [5.74, 6) is 0.993. The van der Waals surface area contributed by atoms with E-state index in [9.17, 15) is 4.39 Å². The topological polar surface area (TPSA) is 46.3 Å². The van der Waals surface area contributed by atoms with E-state index in [4.69, 9.17) is 10.1 Å². The van der Waals surface area contributed by atoms with Gasteiger partial charge in [0.05, 0.1) is 0 Å². The van der Waals surface area contributed by atoms with Crippen LogP contribution < -0.4 is 0 Å². The molecule has 1 saturated heterocycles. The number of rotatable bonds is 4. The van der Waals surface area contributed by atoms with Crippen molar-refractivity contribution in [3.63, 3.8) is 0 Å². The van der Waals surface area contributed by atoms with Gasteiger partial charge >= 0.3 is 0 Å². The van der Waals surface area contributed by atoms with Gasteiger partial charge in [-0.2, -0.15) is 5.10 Å². The highest BCUT2D eigenvalue weighted by atomic mass is 19.1. The lowest BCUT2D eigenvalue weighted by Gasteiger charge is -2.31. The predicted octanol–water partition coefficient (Wildman–Crippen LogP) is 4.31. The van der Waals surface area contributed by atoms with Crippen LogP contribution in [-0.4, -0.2) is 37.6 Å². The zero-order chi connectivity index (χ0) is 19.6. The smallest absolute Gasteiger partial charge is 0.156 e. The van der Waals surface area contributed by atoms with Crippen molar-refractivity contribution < 1.29 is 4.39 Å². The lowest BCUT2D eigenvalue weighted by molar-refractivity contribution is 0.194. The van der Waals surface area contributed by atoms with Crippen LogP contribution in [0.5, 0.6) is 0 Å². The van der Waals surface area contributed by atoms with Crippen molar-refractivity contribution in [1.29, 1.82) is 0 Å². The monoisotopic (exact) mass is 387 g/mol. The minimum absolute atomic E-state index is 0.136. The Hall–Kier alpha value is -3.12. The molecular formula is C23H22FN5. The Morgan fingerprint density at radius 2 is 1.97 bits per heavy atom. The van der Waals surface area contributed by atoms with Crippen molar-refractivity contribution >= 4 is 5.65 Å². The van der Waals surface area contributed by atoms with Crippen molar-refractivity contribution in [1.82, 2.24) is 24.5 Å². The normalized spacial score (nSPS) is 17.6. The van der Waals surface area contributed by atoms with Crippen molar-refractivity contribution in [3.8, 4) is 11.1 Å². The molecular weight excluding hydrogens is 365 g/mol. The van der Waals surface area contributed by atoms with Crippen LogP contribution in [0.3, 0.4) is 0 Å². The van der Waals surface area contributed by atoms with Gasteiger partial charge in [-0.15, -0.1) is 0 Å². The molecule has 0 saturated carbocycles. The summed E-state index contributed by atoms with van der Waals surface area (Å²) in [4.78, 5) is 11.3. The number of halogens is 1. The average molecular weight is 387 g/mol. The van der Waals surface area contributed by atoms with E-state index in [-0.39, 0.29) is 11.7 Å². The Bertz CT molecular complexity index is 1120. The number of benzene rings is 1. The van der Waals surface area contributed by atoms with Gasteiger partial charge in [0, 0.05) is 54.3 Å². The second-order valence-electron chi connectivity index (χ2n) is 7.60. The van der Waals surface area contributed by atoms with E-state index in [0.29, 0.717) is 6.54 Å². The number of pyridine rings is 2. The van der Waals surface area contributed by atoms with E-state index in [2.05, 4.69) is 16.0 Å². The summed E-state index contributed by atoms with van der Waals surface area (Å²) in [6, 6.07) is 15.0. The molecule has 0 unspecified atom stereocenters. The first-order valence-electron chi connectivity index (χ1n) is 9.99. The van der Waals surface area contributed by atoms with Gasteiger partial charge in [-0.1, -0.05) is 24.3 Å². The highest BCUT2D eigenvalue weighted by Gasteiger charge is 2.25. The van der Waals surface area contributed by atoms with Crippen LogP contribution in [0.4, 0.5) is 4.39 Å². The zero-order valence-corrected chi connectivity index (χ0v) is 16.1. The SMILES string of the molecule is Fc1ccccc1CN1CCC[C@H](c2nc3ccc(-c4cccnc4)cn3n2)C1. The molecule has 4 heterocycles. The number of nitrogens with zero attached hydrogens (tertiary/aromatic N) is 5. The summed E-state index contributed by atoms with van der Waals surface area (Å²) in [7, 11) is 0. The van der Waals surface area contributed by atoms with Crippen LogP contribution in [0.2, 0.25) is 0 Å². The van der Waals surface area contributed by atoms with E-state index >= 15 is 0 Å². The zero-order valence-electron chi connectivity index (χ0n) is 16.1. The molecule has 0 radical (unpaired) electrons. The van der Waals surface area contributed by atoms with Crippen LogP contribution in [0.1, 0.15) is 30.1 Å². The third kappa shape index (κ3) is 3.76. The molecule has 1 aliphatic heterocycles. The molecule has 0 spiro atoms. The summed E-state index contributed by atoms with van der Waals surface area (Å²) < 4.78 is 15.9. The Labute approximate surface area is 168 Å². The molecule has 0 N–H and O–H groups in total. The van der Waals surface area contributed by atoms with Crippen molar-refractivity contribution in [3.05, 3.63) is 84.3 Å². The highest BCUT2D eigenvalue weighted by Crippen LogP contribution is 2.27. The van der Waals surface area contributed by atoms with Crippen LogP contribution in [0, 0.1) is 5.82 Å². The van der Waals surface area contributed by atoms with Gasteiger partial charge in [-0.25, -0.2) is 13.9 Å². The van der Waals surface area contributed by atoms with E-state index in [1.165, 1.54) is 6.07 Å². The summed E-state index contributed by atoms with van der Waals surface area (Å²) in [6.07, 6.45) is 7.74. The maximum Gasteiger partial charge on any atom is 0.156 e. The quantitative estimate of drug-likeness (QED) is 0.524. The molecule has 0 bridgehead atoms. The number of aromatic nitrogens is 4. The number of piperidine rings is 1. The molecule has 1 aliphatic rings. The number of fused-ring (bicyclic) bond motifs is 1. The molecule has 1 fully saturated rings. The molecule has 0 aliphatic carbocycles. The van der Waals surface area contributed by atoms with Gasteiger partial charge in [0.2, 0.25) is 0 Å². The molecule has 1 atom stereocenters. The molecule has 3 aromatic heterocycles. The van der Waals surface area contributed by atoms with E-state index < -0.39 is 0 Å². The molecule has 146 valence electrons. The fraction of sp³-hybridized carbons (Fsp3) is 0.261. The highest BCUT2D eigenvalue weighted by molar-refractivity contribution is 5.63. The average Bonchev–Trinajstić information content (AvgIpc) is 3.20. The third-order valence-electron chi connectivity index (χ3n) is 5.56. The van der Waals surface area contributed by atoms with Gasteiger partial charge in [0.15, 0.2) is 11.5 Å². The molecule has 5 nitrogen and oxygen atoms in total. The Morgan fingerprint density at radius 3 is 2.83 bits per heavy atom. The lowest BCUT2D eigenvalue weighted by atomic mass is 9.97. The first kappa shape index (κ1) is 17.9. The molecule has 6 heteroatoms. The minimum atomic E-state index is -0.136. The predicted molar refractivity (Wildman–Crippen MR) is 110 cm³/mol. The fourth-order valence-corrected chi connectivity index (χ4v) is 4.05. The third-order valence-corrected chi connectivity index (χ3v) is 5.56. The molecule has 4 aromatic rings. The maximum atomic E-state index is 14.0. The first-order chi connectivity index (χ1) is 14.3. The molecule has 5 rings (SSSR count). The van der Waals surface area contributed by atoms with Crippen LogP contribution in [0.15, 0.2) is 67.1 Å². The van der Waals surface area contributed by atoms with E-state index in [1.54, 1.807) is 12.3 Å². The number of likely N-dealkylation sites (tertiary alicyclic amines) is 1. The number of hydrogen-bond donors (Lipinski definition) is 0. The van der Waals surface area contributed by atoms with E-state index in [0.717, 1.165) is 54.1 Å². The molecule has 1 aromatic carbocycles. The lowest BCUT2D eigenvalue weighted by Crippen LogP contribution is -2.34. The number of hydrogen-bond acceptors (Lipinski definition) is 4. The second-order valence-corrected chi connectivity index (χ2v) is 7.60. The Balaban J connectivity index is 1.36. The molecule has 0 amide bonds. The Kier molecular flexibility index (Phi) is 4.77. The molecule has 29 heavy (non-hydrogen) atoms. The summed E-state index contributed by atoms with van der Waals surface area (Å²) >= 11 is 0. The van der Waals surface area contributed by atoms with Gasteiger partial charge in [-0.05, 0) is 43.7 Å². The standard InChI is InChI=1S/C23H22FN5/c24-21-8-2-1-5-19(21)14-28-12-4-7-20(15-28)23-26-22-10-9-18(16-29(22)27-23)17-6-3-11-25-13-17/h1-3,5-6,8-11,13,16,20H,4,7,12,14-15H2/t20-/m0/s1. The van der Waals surface area contributed by atoms with Crippen molar-refractivity contribution in [2.75, 3.05) is 13.1 Å². The first-order valence-corrected chi connectivity index (χ1v) is 9.99. The minimum Gasteiger partial charge on any atom is -0.298 e. The van der Waals surface area contributed by atoms with Crippen molar-refractivity contribution in [2.45, 2.75) is 25.3 Å². The maximum absolute atomic E-state index is 14.0. The fourth-order valence-electron chi connectivity index (χ4n) is 4.05. The largest absolute Gasteiger partial charge is 0.298 e. The van der Waals surface area contributed by atoms with Crippen LogP contribution in [-0.2, 0) is 6.54 Å². The van der Waals surface area contributed by atoms with Crippen LogP contribution in [0.25, 0.3) is 16.8 Å². The summed E-state index contributed by atoms with van der Waals surface area (Å²) in [5.41, 5.74) is 3.71. The van der Waals surface area contributed by atoms with Gasteiger partial charge < -0.3 is 0 Å². The van der Waals surface area contributed by atoms with Gasteiger partial charge in [0.1, 0.15) is 5.82 Å². The van der Waals surface area contributed by atoms with Crippen LogP contribution >= 0.6 is 0 Å². The van der Waals surface area contributed by atoms with Gasteiger partial charge in [-0.3, -0.25) is 9.88 Å².